The van der Waals surface area contributed by atoms with Crippen LogP contribution in [0.15, 0.2) is 24.3 Å². The van der Waals surface area contributed by atoms with Gasteiger partial charge in [0, 0.05) is 6.54 Å². The lowest BCUT2D eigenvalue weighted by atomic mass is 9.89. The zero-order valence-electron chi connectivity index (χ0n) is 12.5. The Kier molecular flexibility index (Phi) is 4.43. The van der Waals surface area contributed by atoms with Gasteiger partial charge in [-0.15, -0.1) is 0 Å². The lowest BCUT2D eigenvalue weighted by Gasteiger charge is -2.43. The molecule has 2 unspecified atom stereocenters. The van der Waals surface area contributed by atoms with Gasteiger partial charge in [-0.25, -0.2) is 4.79 Å². The largest absolute Gasteiger partial charge is 0.478 e. The Labute approximate surface area is 129 Å². The van der Waals surface area contributed by atoms with Crippen LogP contribution in [0.1, 0.15) is 41.6 Å². The fourth-order valence-corrected chi connectivity index (χ4v) is 3.55. The Morgan fingerprint density at radius 2 is 2.00 bits per heavy atom. The minimum absolute atomic E-state index is 0.00824. The number of hydrogen-bond donors (Lipinski definition) is 1. The molecule has 1 aliphatic carbocycles. The molecule has 2 atom stereocenters. The molecule has 3 rings (SSSR count). The third-order valence-electron chi connectivity index (χ3n) is 4.64. The number of amides is 1. The van der Waals surface area contributed by atoms with Crippen LogP contribution in [0.2, 0.25) is 0 Å². The molecule has 1 N–H and O–H groups in total. The van der Waals surface area contributed by atoms with E-state index in [2.05, 4.69) is 0 Å². The number of ether oxygens (including phenoxy) is 1. The van der Waals surface area contributed by atoms with Crippen LogP contribution in [0.4, 0.5) is 0 Å². The Morgan fingerprint density at radius 3 is 2.82 bits per heavy atom. The Balaban J connectivity index is 1.75. The number of rotatable bonds is 3. The van der Waals surface area contributed by atoms with Crippen molar-refractivity contribution in [2.75, 3.05) is 13.2 Å². The van der Waals surface area contributed by atoms with Gasteiger partial charge < -0.3 is 14.7 Å². The van der Waals surface area contributed by atoms with Crippen molar-refractivity contribution >= 4 is 11.9 Å². The minimum Gasteiger partial charge on any atom is -0.478 e. The van der Waals surface area contributed by atoms with Crippen LogP contribution in [0.25, 0.3) is 0 Å². The predicted molar refractivity (Wildman–Crippen MR) is 80.8 cm³/mol. The van der Waals surface area contributed by atoms with E-state index in [1.165, 1.54) is 0 Å². The molecule has 1 amide bonds. The van der Waals surface area contributed by atoms with Crippen LogP contribution in [-0.2, 0) is 16.0 Å². The van der Waals surface area contributed by atoms with Gasteiger partial charge >= 0.3 is 5.97 Å². The van der Waals surface area contributed by atoms with Crippen LogP contribution < -0.4 is 0 Å². The van der Waals surface area contributed by atoms with E-state index in [0.717, 1.165) is 25.7 Å². The van der Waals surface area contributed by atoms with Gasteiger partial charge in [-0.2, -0.15) is 0 Å². The van der Waals surface area contributed by atoms with Crippen molar-refractivity contribution in [2.24, 2.45) is 0 Å². The first-order valence-electron chi connectivity index (χ1n) is 7.89. The number of carbonyl (C=O) groups is 2. The molecule has 118 valence electrons. The number of carboxylic acids is 1. The summed E-state index contributed by atoms with van der Waals surface area (Å²) in [5.41, 5.74) is 0.795. The average Bonchev–Trinajstić information content (AvgIpc) is 2.54. The summed E-state index contributed by atoms with van der Waals surface area (Å²) < 4.78 is 5.79. The summed E-state index contributed by atoms with van der Waals surface area (Å²) in [6, 6.07) is 6.89. The van der Waals surface area contributed by atoms with E-state index in [1.54, 1.807) is 24.3 Å². The maximum absolute atomic E-state index is 12.7. The minimum atomic E-state index is -0.985. The van der Waals surface area contributed by atoms with Crippen molar-refractivity contribution in [3.05, 3.63) is 35.4 Å². The molecule has 1 saturated carbocycles. The normalized spacial score (nSPS) is 24.6. The molecule has 0 aromatic heterocycles. The highest BCUT2D eigenvalue weighted by Gasteiger charge is 2.36. The molecule has 1 aromatic rings. The number of aromatic carboxylic acids is 1. The number of carbonyl (C=O) groups excluding carboxylic acids is 1. The predicted octanol–water partition coefficient (Wildman–Crippen LogP) is 2.10. The van der Waals surface area contributed by atoms with Crippen molar-refractivity contribution in [3.63, 3.8) is 0 Å². The number of carboxylic acid groups (broad SMARTS) is 1. The molecule has 5 nitrogen and oxygen atoms in total. The summed E-state index contributed by atoms with van der Waals surface area (Å²) >= 11 is 0. The SMILES string of the molecule is O=C(O)c1ccccc1CC(=O)N1CCOC2CCCCC21. The van der Waals surface area contributed by atoms with E-state index in [1.807, 2.05) is 4.90 Å². The first-order chi connectivity index (χ1) is 10.7. The summed E-state index contributed by atoms with van der Waals surface area (Å²) in [4.78, 5) is 25.8. The summed E-state index contributed by atoms with van der Waals surface area (Å²) in [6.07, 6.45) is 4.58. The molecule has 22 heavy (non-hydrogen) atoms. The molecule has 0 spiro atoms. The number of morpholine rings is 1. The van der Waals surface area contributed by atoms with Crippen molar-refractivity contribution in [2.45, 2.75) is 44.2 Å². The fraction of sp³-hybridized carbons (Fsp3) is 0.529. The Morgan fingerprint density at radius 1 is 1.23 bits per heavy atom. The van der Waals surface area contributed by atoms with Crippen molar-refractivity contribution in [1.82, 2.24) is 4.90 Å². The summed E-state index contributed by atoms with van der Waals surface area (Å²) in [5, 5.41) is 9.23. The van der Waals surface area contributed by atoms with Crippen LogP contribution >= 0.6 is 0 Å². The Hall–Kier alpha value is -1.88. The van der Waals surface area contributed by atoms with Gasteiger partial charge in [0.25, 0.3) is 0 Å². The van der Waals surface area contributed by atoms with E-state index in [0.29, 0.717) is 18.7 Å². The smallest absolute Gasteiger partial charge is 0.335 e. The molecule has 0 radical (unpaired) electrons. The van der Waals surface area contributed by atoms with E-state index in [-0.39, 0.29) is 30.0 Å². The number of nitrogens with zero attached hydrogens (tertiary/aromatic N) is 1. The molecule has 1 heterocycles. The van der Waals surface area contributed by atoms with Gasteiger partial charge in [-0.1, -0.05) is 31.0 Å². The molecule has 2 aliphatic rings. The maximum atomic E-state index is 12.7. The second-order valence-corrected chi connectivity index (χ2v) is 5.99. The van der Waals surface area contributed by atoms with Gasteiger partial charge in [-0.05, 0) is 24.5 Å². The fourth-order valence-electron chi connectivity index (χ4n) is 3.55. The standard InChI is InChI=1S/C17H21NO4/c19-16(11-12-5-1-2-6-13(12)17(20)21)18-9-10-22-15-8-4-3-7-14(15)18/h1-2,5-6,14-15H,3-4,7-11H2,(H,20,21). The summed E-state index contributed by atoms with van der Waals surface area (Å²) in [5.74, 6) is -0.977. The lowest BCUT2D eigenvalue weighted by molar-refractivity contribution is -0.148. The number of hydrogen-bond acceptors (Lipinski definition) is 3. The topological polar surface area (TPSA) is 66.8 Å². The molecule has 5 heteroatoms. The van der Waals surface area contributed by atoms with Crippen molar-refractivity contribution in [3.8, 4) is 0 Å². The van der Waals surface area contributed by atoms with Crippen LogP contribution in [0, 0.1) is 0 Å². The van der Waals surface area contributed by atoms with Crippen molar-refractivity contribution in [1.29, 1.82) is 0 Å². The van der Waals surface area contributed by atoms with Crippen molar-refractivity contribution < 1.29 is 19.4 Å². The molecule has 0 bridgehead atoms. The molecule has 2 fully saturated rings. The van der Waals surface area contributed by atoms with E-state index in [4.69, 9.17) is 4.74 Å². The third-order valence-corrected chi connectivity index (χ3v) is 4.64. The molecule has 1 aromatic carbocycles. The van der Waals surface area contributed by atoms with Gasteiger partial charge in [0.1, 0.15) is 0 Å². The number of fused-ring (bicyclic) bond motifs is 1. The highest BCUT2D eigenvalue weighted by Crippen LogP contribution is 2.29. The second kappa shape index (κ2) is 6.48. The lowest BCUT2D eigenvalue weighted by Crippen LogP contribution is -2.55. The van der Waals surface area contributed by atoms with Crippen LogP contribution in [0.5, 0.6) is 0 Å². The highest BCUT2D eigenvalue weighted by molar-refractivity contribution is 5.91. The molecule has 1 aliphatic heterocycles. The zero-order chi connectivity index (χ0) is 15.5. The molecular weight excluding hydrogens is 282 g/mol. The first-order valence-corrected chi connectivity index (χ1v) is 7.89. The summed E-state index contributed by atoms with van der Waals surface area (Å²) in [6.45, 7) is 1.18. The van der Waals surface area contributed by atoms with Gasteiger partial charge in [-0.3, -0.25) is 4.79 Å². The molecular formula is C17H21NO4. The third kappa shape index (κ3) is 2.99. The van der Waals surface area contributed by atoms with E-state index >= 15 is 0 Å². The number of benzene rings is 1. The monoisotopic (exact) mass is 303 g/mol. The van der Waals surface area contributed by atoms with Gasteiger partial charge in [0.05, 0.1) is 30.7 Å². The zero-order valence-corrected chi connectivity index (χ0v) is 12.5. The van der Waals surface area contributed by atoms with Gasteiger partial charge in [0.15, 0.2) is 0 Å². The van der Waals surface area contributed by atoms with Crippen LogP contribution in [0.3, 0.4) is 0 Å². The highest BCUT2D eigenvalue weighted by atomic mass is 16.5. The quantitative estimate of drug-likeness (QED) is 0.928. The summed E-state index contributed by atoms with van der Waals surface area (Å²) in [7, 11) is 0. The maximum Gasteiger partial charge on any atom is 0.335 e. The Bertz CT molecular complexity index is 570. The second-order valence-electron chi connectivity index (χ2n) is 5.99. The first kappa shape index (κ1) is 15.0. The van der Waals surface area contributed by atoms with E-state index < -0.39 is 5.97 Å². The van der Waals surface area contributed by atoms with E-state index in [9.17, 15) is 14.7 Å². The van der Waals surface area contributed by atoms with Crippen LogP contribution in [-0.4, -0.2) is 47.2 Å². The molecule has 1 saturated heterocycles. The average molecular weight is 303 g/mol. The van der Waals surface area contributed by atoms with Gasteiger partial charge in [0.2, 0.25) is 5.91 Å².